The molecule has 2 N–H and O–H groups in total. The van der Waals surface area contributed by atoms with Gasteiger partial charge < -0.3 is 15.4 Å². The number of rotatable bonds is 4. The first-order valence-corrected chi connectivity index (χ1v) is 6.81. The third-order valence-corrected chi connectivity index (χ3v) is 3.76. The Kier molecular flexibility index (Phi) is 4.42. The largest absolute Gasteiger partial charge is 0.490 e. The van der Waals surface area contributed by atoms with Crippen LogP contribution in [0.2, 0.25) is 0 Å². The summed E-state index contributed by atoms with van der Waals surface area (Å²) in [6, 6.07) is 4.22. The summed E-state index contributed by atoms with van der Waals surface area (Å²) in [6.07, 6.45) is 1.66. The highest BCUT2D eigenvalue weighted by Gasteiger charge is 2.29. The van der Waals surface area contributed by atoms with E-state index in [1.807, 2.05) is 6.92 Å². The number of hydrogen-bond acceptors (Lipinski definition) is 5. The van der Waals surface area contributed by atoms with Gasteiger partial charge in [-0.15, -0.1) is 0 Å². The molecule has 7 nitrogen and oxygen atoms in total. The second kappa shape index (κ2) is 6.09. The molecule has 0 aliphatic carbocycles. The third-order valence-electron chi connectivity index (χ3n) is 3.76. The van der Waals surface area contributed by atoms with E-state index in [2.05, 4.69) is 10.6 Å². The number of nitro groups is 1. The van der Waals surface area contributed by atoms with E-state index in [4.69, 9.17) is 4.74 Å². The van der Waals surface area contributed by atoms with Gasteiger partial charge in [0.15, 0.2) is 5.75 Å². The molecule has 7 heteroatoms. The van der Waals surface area contributed by atoms with Crippen LogP contribution >= 0.6 is 0 Å². The van der Waals surface area contributed by atoms with Crippen LogP contribution in [-0.2, 0) is 0 Å². The van der Waals surface area contributed by atoms with Crippen molar-refractivity contribution in [3.8, 4) is 5.75 Å². The molecule has 0 unspecified atom stereocenters. The van der Waals surface area contributed by atoms with Crippen LogP contribution in [0.4, 0.5) is 5.69 Å². The predicted molar refractivity (Wildman–Crippen MR) is 77.6 cm³/mol. The van der Waals surface area contributed by atoms with E-state index >= 15 is 0 Å². The first kappa shape index (κ1) is 15.2. The van der Waals surface area contributed by atoms with E-state index in [-0.39, 0.29) is 28.4 Å². The smallest absolute Gasteiger partial charge is 0.311 e. The molecular formula is C14H19N3O4. The van der Waals surface area contributed by atoms with Gasteiger partial charge in [-0.2, -0.15) is 0 Å². The summed E-state index contributed by atoms with van der Waals surface area (Å²) < 4.78 is 4.93. The van der Waals surface area contributed by atoms with Crippen LogP contribution in [0, 0.1) is 10.1 Å². The number of nitrogens with one attached hydrogen (secondary N) is 2. The number of methoxy groups -OCH3 is 1. The van der Waals surface area contributed by atoms with Crippen molar-refractivity contribution >= 4 is 11.6 Å². The molecule has 1 amide bonds. The zero-order chi connectivity index (χ0) is 15.5. The number of piperidine rings is 1. The minimum atomic E-state index is -0.554. The van der Waals surface area contributed by atoms with Crippen LogP contribution < -0.4 is 15.4 Å². The van der Waals surface area contributed by atoms with Gasteiger partial charge in [-0.05, 0) is 45.0 Å². The molecule has 1 fully saturated rings. The molecule has 0 aromatic heterocycles. The first-order valence-electron chi connectivity index (χ1n) is 6.81. The lowest BCUT2D eigenvalue weighted by Gasteiger charge is -2.35. The van der Waals surface area contributed by atoms with E-state index in [1.165, 1.54) is 25.3 Å². The van der Waals surface area contributed by atoms with Gasteiger partial charge in [0.1, 0.15) is 0 Å². The standard InChI is InChI=1S/C14H19N3O4/c1-14(5-7-15-8-6-14)16-13(18)10-3-4-12(21-2)11(9-10)17(19)20/h3-4,9,15H,5-8H2,1-2H3,(H,16,18). The SMILES string of the molecule is COc1ccc(C(=O)NC2(C)CCNCC2)cc1[N+](=O)[O-]. The highest BCUT2D eigenvalue weighted by molar-refractivity contribution is 5.95. The van der Waals surface area contributed by atoms with Crippen LogP contribution in [-0.4, -0.2) is 36.6 Å². The number of nitro benzene ring substituents is 1. The molecule has 1 saturated heterocycles. The number of carbonyl (C=O) groups is 1. The van der Waals surface area contributed by atoms with Crippen molar-refractivity contribution in [2.45, 2.75) is 25.3 Å². The Labute approximate surface area is 122 Å². The molecule has 0 saturated carbocycles. The van der Waals surface area contributed by atoms with Gasteiger partial charge in [0.05, 0.1) is 12.0 Å². The average Bonchev–Trinajstić information content (AvgIpc) is 2.46. The average molecular weight is 293 g/mol. The quantitative estimate of drug-likeness (QED) is 0.647. The molecule has 2 rings (SSSR count). The molecule has 1 aliphatic rings. The predicted octanol–water partition coefficient (Wildman–Crippen LogP) is 1.48. The van der Waals surface area contributed by atoms with Gasteiger partial charge in [0.2, 0.25) is 0 Å². The van der Waals surface area contributed by atoms with Crippen molar-refractivity contribution in [1.29, 1.82) is 0 Å². The zero-order valence-corrected chi connectivity index (χ0v) is 12.1. The maximum Gasteiger partial charge on any atom is 0.311 e. The van der Waals surface area contributed by atoms with E-state index < -0.39 is 4.92 Å². The highest BCUT2D eigenvalue weighted by atomic mass is 16.6. The van der Waals surface area contributed by atoms with Crippen LogP contribution in [0.1, 0.15) is 30.1 Å². The number of ether oxygens (including phenoxy) is 1. The topological polar surface area (TPSA) is 93.5 Å². The summed E-state index contributed by atoms with van der Waals surface area (Å²) in [5.41, 5.74) is -0.222. The van der Waals surface area contributed by atoms with Crippen molar-refractivity contribution in [2.24, 2.45) is 0 Å². The molecular weight excluding hydrogens is 274 g/mol. The molecule has 0 radical (unpaired) electrons. The normalized spacial score (nSPS) is 17.0. The second-order valence-corrected chi connectivity index (χ2v) is 5.41. The Morgan fingerprint density at radius 2 is 2.10 bits per heavy atom. The monoisotopic (exact) mass is 293 g/mol. The van der Waals surface area contributed by atoms with E-state index in [0.29, 0.717) is 0 Å². The maximum atomic E-state index is 12.3. The number of hydrogen-bond donors (Lipinski definition) is 2. The summed E-state index contributed by atoms with van der Waals surface area (Å²) in [5, 5.41) is 17.2. The van der Waals surface area contributed by atoms with E-state index in [0.717, 1.165) is 25.9 Å². The van der Waals surface area contributed by atoms with Gasteiger partial charge >= 0.3 is 5.69 Å². The fraction of sp³-hybridized carbons (Fsp3) is 0.500. The summed E-state index contributed by atoms with van der Waals surface area (Å²) in [7, 11) is 1.36. The second-order valence-electron chi connectivity index (χ2n) is 5.41. The van der Waals surface area contributed by atoms with Gasteiger partial charge in [0.25, 0.3) is 5.91 Å². The van der Waals surface area contributed by atoms with E-state index in [1.54, 1.807) is 0 Å². The Balaban J connectivity index is 2.19. The molecule has 0 spiro atoms. The van der Waals surface area contributed by atoms with Crippen molar-refractivity contribution in [1.82, 2.24) is 10.6 Å². The Morgan fingerprint density at radius 3 is 2.67 bits per heavy atom. The zero-order valence-electron chi connectivity index (χ0n) is 12.1. The lowest BCUT2D eigenvalue weighted by Crippen LogP contribution is -2.52. The van der Waals surface area contributed by atoms with Gasteiger partial charge in [-0.1, -0.05) is 0 Å². The van der Waals surface area contributed by atoms with Crippen molar-refractivity contribution in [3.63, 3.8) is 0 Å². The van der Waals surface area contributed by atoms with Crippen LogP contribution in [0.15, 0.2) is 18.2 Å². The fourth-order valence-corrected chi connectivity index (χ4v) is 2.42. The van der Waals surface area contributed by atoms with Crippen LogP contribution in [0.25, 0.3) is 0 Å². The summed E-state index contributed by atoms with van der Waals surface area (Å²) in [4.78, 5) is 22.7. The summed E-state index contributed by atoms with van der Waals surface area (Å²) in [5.74, 6) is -0.158. The van der Waals surface area contributed by atoms with Crippen LogP contribution in [0.5, 0.6) is 5.75 Å². The Hall–Kier alpha value is -2.15. The number of amides is 1. The molecule has 0 atom stereocenters. The molecule has 1 aromatic carbocycles. The minimum Gasteiger partial charge on any atom is -0.490 e. The molecule has 1 heterocycles. The Morgan fingerprint density at radius 1 is 1.43 bits per heavy atom. The molecule has 21 heavy (non-hydrogen) atoms. The van der Waals surface area contributed by atoms with Crippen molar-refractivity contribution in [2.75, 3.05) is 20.2 Å². The lowest BCUT2D eigenvalue weighted by atomic mass is 9.90. The first-order chi connectivity index (χ1) is 9.95. The molecule has 1 aliphatic heterocycles. The molecule has 114 valence electrons. The fourth-order valence-electron chi connectivity index (χ4n) is 2.42. The summed E-state index contributed by atoms with van der Waals surface area (Å²) >= 11 is 0. The third kappa shape index (κ3) is 3.49. The lowest BCUT2D eigenvalue weighted by molar-refractivity contribution is -0.385. The van der Waals surface area contributed by atoms with Gasteiger partial charge in [-0.3, -0.25) is 14.9 Å². The maximum absolute atomic E-state index is 12.3. The number of benzene rings is 1. The van der Waals surface area contributed by atoms with Crippen molar-refractivity contribution < 1.29 is 14.5 Å². The van der Waals surface area contributed by atoms with Crippen molar-refractivity contribution in [3.05, 3.63) is 33.9 Å². The van der Waals surface area contributed by atoms with E-state index in [9.17, 15) is 14.9 Å². The molecule has 1 aromatic rings. The molecule has 0 bridgehead atoms. The highest BCUT2D eigenvalue weighted by Crippen LogP contribution is 2.28. The number of carbonyl (C=O) groups excluding carboxylic acids is 1. The summed E-state index contributed by atoms with van der Waals surface area (Å²) in [6.45, 7) is 3.68. The Bertz CT molecular complexity index is 553. The van der Waals surface area contributed by atoms with Crippen LogP contribution in [0.3, 0.4) is 0 Å². The van der Waals surface area contributed by atoms with Gasteiger partial charge in [-0.25, -0.2) is 0 Å². The van der Waals surface area contributed by atoms with Gasteiger partial charge in [0, 0.05) is 17.2 Å². The minimum absolute atomic E-state index is 0.143. The number of nitrogens with zero attached hydrogens (tertiary/aromatic N) is 1.